The summed E-state index contributed by atoms with van der Waals surface area (Å²) in [5.74, 6) is 0.610. The summed E-state index contributed by atoms with van der Waals surface area (Å²) in [5, 5.41) is 10.8. The normalized spacial score (nSPS) is 10.7. The molecule has 6 nitrogen and oxygen atoms in total. The number of nitrogens with zero attached hydrogens (tertiary/aromatic N) is 3. The van der Waals surface area contributed by atoms with Gasteiger partial charge in [0.05, 0.1) is 13.2 Å². The topological polar surface area (TPSA) is 70.2 Å². The molecule has 0 spiro atoms. The molecule has 106 valence electrons. The molecule has 2 rings (SSSR count). The van der Waals surface area contributed by atoms with Crippen LogP contribution in [0.25, 0.3) is 0 Å². The van der Waals surface area contributed by atoms with Gasteiger partial charge in [-0.05, 0) is 22.6 Å². The van der Waals surface area contributed by atoms with Crippen LogP contribution in [-0.2, 0) is 17.9 Å². The maximum atomic E-state index is 10.8. The average Bonchev–Trinajstić information content (AvgIpc) is 2.78. The molecule has 0 saturated carbocycles. The van der Waals surface area contributed by atoms with Crippen molar-refractivity contribution < 1.29 is 9.66 Å². The fraction of sp³-hybridized carbons (Fsp3) is 0.308. The van der Waals surface area contributed by atoms with Gasteiger partial charge >= 0.3 is 5.82 Å². The van der Waals surface area contributed by atoms with Crippen LogP contribution >= 0.6 is 15.9 Å². The van der Waals surface area contributed by atoms with Crippen molar-refractivity contribution >= 4 is 21.7 Å². The van der Waals surface area contributed by atoms with Crippen molar-refractivity contribution in [2.45, 2.75) is 20.1 Å². The van der Waals surface area contributed by atoms with Crippen molar-refractivity contribution in [3.05, 3.63) is 56.4 Å². The Morgan fingerprint density at radius 3 is 2.75 bits per heavy atom. The van der Waals surface area contributed by atoms with E-state index in [-0.39, 0.29) is 5.82 Å². The highest BCUT2D eigenvalue weighted by molar-refractivity contribution is 9.10. The van der Waals surface area contributed by atoms with Crippen molar-refractivity contribution in [3.63, 3.8) is 0 Å². The largest absolute Gasteiger partial charge is 0.373 e. The van der Waals surface area contributed by atoms with Gasteiger partial charge in [0.1, 0.15) is 12.7 Å². The molecule has 0 fully saturated rings. The average molecular weight is 340 g/mol. The van der Waals surface area contributed by atoms with E-state index in [4.69, 9.17) is 4.74 Å². The summed E-state index contributed by atoms with van der Waals surface area (Å²) < 4.78 is 8.10. The molecule has 7 heteroatoms. The Morgan fingerprint density at radius 1 is 1.40 bits per heavy atom. The SMILES string of the molecule is Cc1ncc([N+](=O)[O-])n1CCOCc1ccc(Br)cc1. The molecule has 0 atom stereocenters. The molecule has 0 saturated heterocycles. The van der Waals surface area contributed by atoms with Crippen LogP contribution in [-0.4, -0.2) is 21.1 Å². The lowest BCUT2D eigenvalue weighted by atomic mass is 10.2. The van der Waals surface area contributed by atoms with E-state index in [2.05, 4.69) is 20.9 Å². The molecule has 0 aliphatic rings. The van der Waals surface area contributed by atoms with E-state index in [1.54, 1.807) is 11.5 Å². The molecule has 0 aliphatic carbocycles. The predicted molar refractivity (Wildman–Crippen MR) is 77.4 cm³/mol. The number of ether oxygens (including phenoxy) is 1. The molecule has 0 bridgehead atoms. The van der Waals surface area contributed by atoms with Gasteiger partial charge in [0, 0.05) is 11.4 Å². The third-order valence-corrected chi connectivity index (χ3v) is 3.39. The van der Waals surface area contributed by atoms with Crippen LogP contribution < -0.4 is 0 Å². The summed E-state index contributed by atoms with van der Waals surface area (Å²) in [6, 6.07) is 7.83. The zero-order valence-electron chi connectivity index (χ0n) is 11.0. The summed E-state index contributed by atoms with van der Waals surface area (Å²) in [5.41, 5.74) is 1.06. The van der Waals surface area contributed by atoms with Gasteiger partial charge in [0.2, 0.25) is 0 Å². The van der Waals surface area contributed by atoms with E-state index < -0.39 is 4.92 Å². The summed E-state index contributed by atoms with van der Waals surface area (Å²) in [6.07, 6.45) is 1.27. The van der Waals surface area contributed by atoms with Crippen LogP contribution in [0.3, 0.4) is 0 Å². The Labute approximate surface area is 124 Å². The van der Waals surface area contributed by atoms with Crippen LogP contribution in [0.1, 0.15) is 11.4 Å². The minimum atomic E-state index is -0.436. The first-order valence-corrected chi connectivity index (χ1v) is 6.86. The summed E-state index contributed by atoms with van der Waals surface area (Å²) in [7, 11) is 0. The van der Waals surface area contributed by atoms with Gasteiger partial charge < -0.3 is 14.9 Å². The van der Waals surface area contributed by atoms with E-state index in [1.807, 2.05) is 24.3 Å². The molecule has 1 aromatic carbocycles. The number of aromatic nitrogens is 2. The van der Waals surface area contributed by atoms with E-state index in [0.29, 0.717) is 25.6 Å². The quantitative estimate of drug-likeness (QED) is 0.460. The number of nitro groups is 1. The molecule has 2 aromatic rings. The van der Waals surface area contributed by atoms with Crippen LogP contribution in [0.5, 0.6) is 0 Å². The number of hydrogen-bond donors (Lipinski definition) is 0. The summed E-state index contributed by atoms with van der Waals surface area (Å²) in [4.78, 5) is 14.3. The third kappa shape index (κ3) is 3.64. The Bertz CT molecular complexity index is 595. The van der Waals surface area contributed by atoms with Crippen molar-refractivity contribution in [1.29, 1.82) is 0 Å². The maximum absolute atomic E-state index is 10.8. The second-order valence-corrected chi connectivity index (χ2v) is 5.17. The predicted octanol–water partition coefficient (Wildman–Crippen LogP) is 3.08. The van der Waals surface area contributed by atoms with Gasteiger partial charge in [-0.2, -0.15) is 0 Å². The molecule has 0 unspecified atom stereocenters. The Balaban J connectivity index is 1.86. The zero-order chi connectivity index (χ0) is 14.5. The molecular formula is C13H14BrN3O3. The van der Waals surface area contributed by atoms with Crippen molar-refractivity contribution in [1.82, 2.24) is 9.55 Å². The van der Waals surface area contributed by atoms with Gasteiger partial charge in [-0.25, -0.2) is 9.55 Å². The number of aryl methyl sites for hydroxylation is 1. The fourth-order valence-electron chi connectivity index (χ4n) is 1.80. The van der Waals surface area contributed by atoms with Crippen molar-refractivity contribution in [3.8, 4) is 0 Å². The number of imidazole rings is 1. The number of hydrogen-bond acceptors (Lipinski definition) is 4. The first-order chi connectivity index (χ1) is 9.58. The van der Waals surface area contributed by atoms with Gasteiger partial charge in [0.15, 0.2) is 5.82 Å². The highest BCUT2D eigenvalue weighted by Gasteiger charge is 2.16. The lowest BCUT2D eigenvalue weighted by Crippen LogP contribution is -2.10. The molecule has 20 heavy (non-hydrogen) atoms. The third-order valence-electron chi connectivity index (χ3n) is 2.86. The summed E-state index contributed by atoms with van der Waals surface area (Å²) >= 11 is 3.37. The lowest BCUT2D eigenvalue weighted by Gasteiger charge is -2.05. The molecule has 0 N–H and O–H groups in total. The Kier molecular flexibility index (Phi) is 4.86. The van der Waals surface area contributed by atoms with Gasteiger partial charge in [-0.1, -0.05) is 28.1 Å². The first kappa shape index (κ1) is 14.7. The second kappa shape index (κ2) is 6.62. The Morgan fingerprint density at radius 2 is 2.10 bits per heavy atom. The first-order valence-electron chi connectivity index (χ1n) is 6.06. The molecule has 0 amide bonds. The molecule has 0 radical (unpaired) electrons. The molecule has 1 heterocycles. The van der Waals surface area contributed by atoms with E-state index >= 15 is 0 Å². The van der Waals surface area contributed by atoms with Crippen LogP contribution in [0.15, 0.2) is 34.9 Å². The van der Waals surface area contributed by atoms with Gasteiger partial charge in [0.25, 0.3) is 0 Å². The number of rotatable bonds is 6. The van der Waals surface area contributed by atoms with Crippen molar-refractivity contribution in [2.75, 3.05) is 6.61 Å². The minimum absolute atomic E-state index is 0.00487. The summed E-state index contributed by atoms with van der Waals surface area (Å²) in [6.45, 7) is 3.03. The van der Waals surface area contributed by atoms with Gasteiger partial charge in [-0.15, -0.1) is 0 Å². The molecule has 1 aromatic heterocycles. The van der Waals surface area contributed by atoms with Crippen LogP contribution in [0.4, 0.5) is 5.82 Å². The van der Waals surface area contributed by atoms with Crippen LogP contribution in [0, 0.1) is 17.0 Å². The highest BCUT2D eigenvalue weighted by Crippen LogP contribution is 2.14. The smallest absolute Gasteiger partial charge is 0.342 e. The number of benzene rings is 1. The van der Waals surface area contributed by atoms with E-state index in [0.717, 1.165) is 10.0 Å². The maximum Gasteiger partial charge on any atom is 0.342 e. The Hall–Kier alpha value is -1.73. The van der Waals surface area contributed by atoms with E-state index in [9.17, 15) is 10.1 Å². The second-order valence-electron chi connectivity index (χ2n) is 4.25. The number of halogens is 1. The standard InChI is InChI=1S/C13H14BrN3O3/c1-10-15-8-13(17(18)19)16(10)6-7-20-9-11-2-4-12(14)5-3-11/h2-5,8H,6-7,9H2,1H3. The lowest BCUT2D eigenvalue weighted by molar-refractivity contribution is -0.392. The highest BCUT2D eigenvalue weighted by atomic mass is 79.9. The van der Waals surface area contributed by atoms with Crippen LogP contribution in [0.2, 0.25) is 0 Å². The van der Waals surface area contributed by atoms with Gasteiger partial charge in [-0.3, -0.25) is 0 Å². The van der Waals surface area contributed by atoms with E-state index in [1.165, 1.54) is 6.20 Å². The monoisotopic (exact) mass is 339 g/mol. The van der Waals surface area contributed by atoms with Crippen molar-refractivity contribution in [2.24, 2.45) is 0 Å². The molecule has 0 aliphatic heterocycles. The fourth-order valence-corrected chi connectivity index (χ4v) is 2.07. The molecular weight excluding hydrogens is 326 g/mol. The zero-order valence-corrected chi connectivity index (χ0v) is 12.5. The minimum Gasteiger partial charge on any atom is -0.373 e.